The van der Waals surface area contributed by atoms with Crippen LogP contribution in [0, 0.1) is 20.8 Å². The number of aryl methyl sites for hydroxylation is 3. The first-order valence-electron chi connectivity index (χ1n) is 11.5. The molecule has 0 unspecified atom stereocenters. The lowest BCUT2D eigenvalue weighted by atomic mass is 10.0. The summed E-state index contributed by atoms with van der Waals surface area (Å²) in [6, 6.07) is 9.90. The Morgan fingerprint density at radius 2 is 1.83 bits per heavy atom. The molecule has 6 nitrogen and oxygen atoms in total. The van der Waals surface area contributed by atoms with Crippen molar-refractivity contribution in [1.82, 2.24) is 4.90 Å². The molecule has 0 N–H and O–H groups in total. The second-order valence-corrected chi connectivity index (χ2v) is 9.98. The summed E-state index contributed by atoms with van der Waals surface area (Å²) in [5.41, 5.74) is 5.62. The summed E-state index contributed by atoms with van der Waals surface area (Å²) in [5, 5.41) is 0. The molecular weight excluding hydrogens is 482 g/mol. The molecule has 0 aliphatic carbocycles. The molecule has 186 valence electrons. The monoisotopic (exact) mass is 513 g/mol. The summed E-state index contributed by atoms with van der Waals surface area (Å²) >= 11 is 6.64. The fourth-order valence-electron chi connectivity index (χ4n) is 3.68. The summed E-state index contributed by atoms with van der Waals surface area (Å²) in [6.07, 6.45) is 2.55. The van der Waals surface area contributed by atoms with Crippen molar-refractivity contribution in [2.24, 2.45) is 0 Å². The SMILES string of the molecule is CCOC(=O)CCCN1C(=O)/C(=C\c2ccc(OCc3cc(C)c(C)cc3C)c(OC)c2)SC1=S. The van der Waals surface area contributed by atoms with E-state index in [1.165, 1.54) is 33.4 Å². The van der Waals surface area contributed by atoms with E-state index in [9.17, 15) is 9.59 Å². The number of methoxy groups -OCH3 is 1. The van der Waals surface area contributed by atoms with Gasteiger partial charge in [0.25, 0.3) is 5.91 Å². The van der Waals surface area contributed by atoms with Crippen molar-refractivity contribution >= 4 is 46.3 Å². The van der Waals surface area contributed by atoms with Crippen molar-refractivity contribution in [3.8, 4) is 11.5 Å². The molecule has 1 amide bonds. The third kappa shape index (κ3) is 6.86. The minimum Gasteiger partial charge on any atom is -0.493 e. The third-order valence-electron chi connectivity index (χ3n) is 5.76. The Labute approximate surface area is 216 Å². The van der Waals surface area contributed by atoms with Gasteiger partial charge in [-0.25, -0.2) is 0 Å². The summed E-state index contributed by atoms with van der Waals surface area (Å²) in [7, 11) is 1.59. The topological polar surface area (TPSA) is 65.1 Å². The van der Waals surface area contributed by atoms with Crippen LogP contribution in [0.3, 0.4) is 0 Å². The third-order valence-corrected chi connectivity index (χ3v) is 7.14. The maximum atomic E-state index is 12.9. The van der Waals surface area contributed by atoms with Crippen molar-refractivity contribution < 1.29 is 23.8 Å². The van der Waals surface area contributed by atoms with Crippen LogP contribution >= 0.6 is 24.0 Å². The molecule has 1 heterocycles. The number of ether oxygens (including phenoxy) is 3. The number of thioether (sulfide) groups is 1. The number of hydrogen-bond acceptors (Lipinski definition) is 7. The number of thiocarbonyl (C=S) groups is 1. The average molecular weight is 514 g/mol. The second-order valence-electron chi connectivity index (χ2n) is 8.30. The predicted octanol–water partition coefficient (Wildman–Crippen LogP) is 5.74. The Morgan fingerprint density at radius 3 is 2.54 bits per heavy atom. The molecular formula is C27H31NO5S2. The Balaban J connectivity index is 1.68. The summed E-state index contributed by atoms with van der Waals surface area (Å²) in [5.74, 6) is 0.794. The lowest BCUT2D eigenvalue weighted by Gasteiger charge is -2.14. The van der Waals surface area contributed by atoms with Gasteiger partial charge in [0, 0.05) is 13.0 Å². The van der Waals surface area contributed by atoms with Gasteiger partial charge in [0.2, 0.25) is 0 Å². The van der Waals surface area contributed by atoms with Crippen LogP contribution in [-0.2, 0) is 20.9 Å². The van der Waals surface area contributed by atoms with E-state index in [-0.39, 0.29) is 18.3 Å². The summed E-state index contributed by atoms with van der Waals surface area (Å²) < 4.78 is 17.0. The van der Waals surface area contributed by atoms with Crippen molar-refractivity contribution in [3.63, 3.8) is 0 Å². The molecule has 2 aromatic rings. The minimum absolute atomic E-state index is 0.159. The average Bonchev–Trinajstić information content (AvgIpc) is 3.08. The van der Waals surface area contributed by atoms with Gasteiger partial charge in [-0.1, -0.05) is 42.2 Å². The molecule has 0 bridgehead atoms. The van der Waals surface area contributed by atoms with Crippen molar-refractivity contribution in [2.75, 3.05) is 20.3 Å². The highest BCUT2D eigenvalue weighted by Crippen LogP contribution is 2.35. The normalized spacial score (nSPS) is 14.5. The van der Waals surface area contributed by atoms with Gasteiger partial charge in [-0.3, -0.25) is 14.5 Å². The maximum Gasteiger partial charge on any atom is 0.305 e. The quantitative estimate of drug-likeness (QED) is 0.228. The molecule has 0 radical (unpaired) electrons. The number of rotatable bonds is 10. The zero-order valence-electron chi connectivity index (χ0n) is 20.8. The Hall–Kier alpha value is -2.84. The first kappa shape index (κ1) is 26.8. The van der Waals surface area contributed by atoms with Crippen LogP contribution in [0.2, 0.25) is 0 Å². The first-order valence-corrected chi connectivity index (χ1v) is 12.7. The van der Waals surface area contributed by atoms with Crippen LogP contribution in [0.15, 0.2) is 35.2 Å². The fraction of sp³-hybridized carbons (Fsp3) is 0.370. The van der Waals surface area contributed by atoms with Crippen LogP contribution in [-0.4, -0.2) is 41.4 Å². The molecule has 1 fully saturated rings. The van der Waals surface area contributed by atoms with Crippen molar-refractivity contribution in [1.29, 1.82) is 0 Å². The van der Waals surface area contributed by atoms with Gasteiger partial charge in [0.1, 0.15) is 10.9 Å². The lowest BCUT2D eigenvalue weighted by molar-refractivity contribution is -0.143. The summed E-state index contributed by atoms with van der Waals surface area (Å²) in [4.78, 5) is 26.5. The van der Waals surface area contributed by atoms with E-state index in [0.29, 0.717) is 46.9 Å². The van der Waals surface area contributed by atoms with Gasteiger partial charge in [-0.2, -0.15) is 0 Å². The van der Waals surface area contributed by atoms with Crippen LogP contribution < -0.4 is 9.47 Å². The number of benzene rings is 2. The predicted molar refractivity (Wildman–Crippen MR) is 144 cm³/mol. The highest BCUT2D eigenvalue weighted by atomic mass is 32.2. The molecule has 0 aromatic heterocycles. The molecule has 1 aliphatic rings. The van der Waals surface area contributed by atoms with Crippen LogP contribution in [0.25, 0.3) is 6.08 Å². The van der Waals surface area contributed by atoms with Gasteiger partial charge < -0.3 is 14.2 Å². The van der Waals surface area contributed by atoms with Crippen LogP contribution in [0.5, 0.6) is 11.5 Å². The smallest absolute Gasteiger partial charge is 0.305 e. The second kappa shape index (κ2) is 12.2. The van der Waals surface area contributed by atoms with Crippen LogP contribution in [0.4, 0.5) is 0 Å². The number of amides is 1. The highest BCUT2D eigenvalue weighted by Gasteiger charge is 2.31. The van der Waals surface area contributed by atoms with Gasteiger partial charge in [0.15, 0.2) is 11.5 Å². The summed E-state index contributed by atoms with van der Waals surface area (Å²) in [6.45, 7) is 9.22. The van der Waals surface area contributed by atoms with E-state index in [1.807, 2.05) is 18.2 Å². The van der Waals surface area contributed by atoms with E-state index in [0.717, 1.165) is 11.1 Å². The Kier molecular flexibility index (Phi) is 9.34. The highest BCUT2D eigenvalue weighted by molar-refractivity contribution is 8.26. The molecule has 1 saturated heterocycles. The molecule has 35 heavy (non-hydrogen) atoms. The first-order chi connectivity index (χ1) is 16.7. The molecule has 0 atom stereocenters. The molecule has 1 aliphatic heterocycles. The van der Waals surface area contributed by atoms with Crippen molar-refractivity contribution in [2.45, 2.75) is 47.1 Å². The van der Waals surface area contributed by atoms with Gasteiger partial charge in [-0.05, 0) is 80.1 Å². The molecule has 0 saturated carbocycles. The Bertz CT molecular complexity index is 1160. The number of nitrogens with zero attached hydrogens (tertiary/aromatic N) is 1. The Morgan fingerprint density at radius 1 is 1.09 bits per heavy atom. The van der Waals surface area contributed by atoms with E-state index in [2.05, 4.69) is 32.9 Å². The van der Waals surface area contributed by atoms with Crippen LogP contribution in [0.1, 0.15) is 47.6 Å². The lowest BCUT2D eigenvalue weighted by Crippen LogP contribution is -2.29. The number of carbonyl (C=O) groups excluding carboxylic acids is 2. The van der Waals surface area contributed by atoms with Gasteiger partial charge in [0.05, 0.1) is 18.6 Å². The number of carbonyl (C=O) groups is 2. The molecule has 3 rings (SSSR count). The van der Waals surface area contributed by atoms with Gasteiger partial charge in [-0.15, -0.1) is 0 Å². The number of esters is 1. The molecule has 8 heteroatoms. The molecule has 2 aromatic carbocycles. The zero-order valence-corrected chi connectivity index (χ0v) is 22.4. The van der Waals surface area contributed by atoms with Crippen molar-refractivity contribution in [3.05, 3.63) is 63.1 Å². The van der Waals surface area contributed by atoms with E-state index in [4.69, 9.17) is 26.4 Å². The van der Waals surface area contributed by atoms with E-state index < -0.39 is 0 Å². The maximum absolute atomic E-state index is 12.9. The number of hydrogen-bond donors (Lipinski definition) is 0. The fourth-order valence-corrected chi connectivity index (χ4v) is 4.99. The van der Waals surface area contributed by atoms with Gasteiger partial charge >= 0.3 is 5.97 Å². The zero-order chi connectivity index (χ0) is 25.5. The minimum atomic E-state index is -0.268. The standard InChI is InChI=1S/C27H31NO5S2/c1-6-32-25(29)8-7-11-28-26(30)24(35-27(28)34)15-20-9-10-22(23(14-20)31-5)33-16-21-13-18(3)17(2)12-19(21)4/h9-10,12-15H,6-8,11,16H2,1-5H3/b24-15+. The largest absolute Gasteiger partial charge is 0.493 e. The molecule has 0 spiro atoms. The van der Waals surface area contributed by atoms with E-state index >= 15 is 0 Å². The van der Waals surface area contributed by atoms with E-state index in [1.54, 1.807) is 20.1 Å².